The summed E-state index contributed by atoms with van der Waals surface area (Å²) in [5.41, 5.74) is 2.78. The zero-order valence-corrected chi connectivity index (χ0v) is 28.7. The van der Waals surface area contributed by atoms with Crippen molar-refractivity contribution in [3.05, 3.63) is 102 Å². The Hall–Kier alpha value is -5.91. The van der Waals surface area contributed by atoms with E-state index in [1.54, 1.807) is 106 Å². The summed E-state index contributed by atoms with van der Waals surface area (Å²) in [6.07, 6.45) is 0. The Morgan fingerprint density at radius 3 is 2.18 bits per heavy atom. The van der Waals surface area contributed by atoms with Gasteiger partial charge in [-0.3, -0.25) is 25.1 Å². The number of ether oxygens (including phenoxy) is 1. The number of rotatable bonds is 11. The number of Topliss-reactive ketones (excluding diaryl/α,β-unsaturated/α-hetero) is 1. The zero-order chi connectivity index (χ0) is 36.2. The van der Waals surface area contributed by atoms with Crippen LogP contribution >= 0.6 is 11.3 Å². The Morgan fingerprint density at radius 1 is 0.920 bits per heavy atom. The third-order valence-electron chi connectivity index (χ3n) is 6.59. The lowest BCUT2D eigenvalue weighted by Gasteiger charge is -2.19. The molecule has 0 saturated heterocycles. The molecule has 0 unspecified atom stereocenters. The molecule has 0 radical (unpaired) electrons. The molecule has 2 heterocycles. The Balaban J connectivity index is 1.65. The molecular formula is C33H30N8O7S2. The van der Waals surface area contributed by atoms with Crippen LogP contribution in [0.1, 0.15) is 54.1 Å². The van der Waals surface area contributed by atoms with Gasteiger partial charge in [-0.2, -0.15) is 10.2 Å². The van der Waals surface area contributed by atoms with Crippen LogP contribution in [0, 0.1) is 0 Å². The summed E-state index contributed by atoms with van der Waals surface area (Å²) in [5.74, 6) is -2.92. The van der Waals surface area contributed by atoms with Crippen molar-refractivity contribution < 1.29 is 32.3 Å². The maximum Gasteiger partial charge on any atom is 0.363 e. The Bertz CT molecular complexity index is 2240. The van der Waals surface area contributed by atoms with Crippen molar-refractivity contribution in [2.45, 2.75) is 37.6 Å². The van der Waals surface area contributed by atoms with Gasteiger partial charge in [-0.25, -0.2) is 23.0 Å². The highest BCUT2D eigenvalue weighted by Gasteiger charge is 2.31. The topological polar surface area (TPSA) is 218 Å². The second-order valence-electron chi connectivity index (χ2n) is 11.6. The van der Waals surface area contributed by atoms with Crippen LogP contribution in [-0.2, 0) is 24.3 Å². The molecule has 15 nitrogen and oxygen atoms in total. The number of benzene rings is 3. The van der Waals surface area contributed by atoms with Crippen molar-refractivity contribution in [1.29, 1.82) is 0 Å². The van der Waals surface area contributed by atoms with E-state index in [2.05, 4.69) is 31.1 Å². The van der Waals surface area contributed by atoms with Crippen molar-refractivity contribution in [3.63, 3.8) is 0 Å². The molecule has 0 aliphatic rings. The molecule has 17 heteroatoms. The average molecular weight is 715 g/mol. The molecule has 256 valence electrons. The molecule has 3 aromatic carbocycles. The first-order valence-corrected chi connectivity index (χ1v) is 17.1. The molecule has 0 fully saturated rings. The highest BCUT2D eigenvalue weighted by molar-refractivity contribution is 7.91. The van der Waals surface area contributed by atoms with E-state index in [4.69, 9.17) is 9.88 Å². The fourth-order valence-electron chi connectivity index (χ4n) is 4.53. The van der Waals surface area contributed by atoms with Gasteiger partial charge in [0, 0.05) is 18.1 Å². The summed E-state index contributed by atoms with van der Waals surface area (Å²) >= 11 is 0.529. The number of aromatic nitrogens is 4. The quantitative estimate of drug-likeness (QED) is 0.0439. The van der Waals surface area contributed by atoms with Crippen LogP contribution < -0.4 is 15.9 Å². The number of ketones is 2. The molecule has 0 aliphatic carbocycles. The molecule has 2 aromatic heterocycles. The number of hydrogen-bond acceptors (Lipinski definition) is 13. The van der Waals surface area contributed by atoms with E-state index in [0.29, 0.717) is 28.3 Å². The number of sulfonamides is 1. The first kappa shape index (κ1) is 35.4. The molecule has 0 saturated carbocycles. The number of nitrogens with one attached hydrogen (secondary N) is 2. The summed E-state index contributed by atoms with van der Waals surface area (Å²) in [7, 11) is -4.19. The van der Waals surface area contributed by atoms with Gasteiger partial charge in [0.05, 0.1) is 22.6 Å². The van der Waals surface area contributed by atoms with E-state index in [0.717, 1.165) is 0 Å². The molecule has 5 rings (SSSR count). The van der Waals surface area contributed by atoms with Gasteiger partial charge in [0.15, 0.2) is 17.3 Å². The van der Waals surface area contributed by atoms with Crippen LogP contribution in [0.2, 0.25) is 0 Å². The van der Waals surface area contributed by atoms with Crippen LogP contribution in [0.25, 0.3) is 16.9 Å². The number of primary sulfonamides is 1. The monoisotopic (exact) mass is 714 g/mol. The van der Waals surface area contributed by atoms with Gasteiger partial charge in [0.2, 0.25) is 15.2 Å². The summed E-state index contributed by atoms with van der Waals surface area (Å²) in [4.78, 5) is 52.9. The van der Waals surface area contributed by atoms with Crippen molar-refractivity contribution in [2.75, 3.05) is 10.7 Å². The van der Waals surface area contributed by atoms with Gasteiger partial charge < -0.3 is 4.74 Å². The van der Waals surface area contributed by atoms with Crippen molar-refractivity contribution in [1.82, 2.24) is 20.0 Å². The van der Waals surface area contributed by atoms with E-state index in [1.165, 1.54) is 11.6 Å². The SMILES string of the molecule is CC(=O)/C(=N\Nc1cccc(-n2nc(C(=O)Nc3nnc(S(N)(=O)=O)s3)c(C(=O)c3ccccc3)c2-c2ccccc2)c1)C(=O)OC(C)(C)C. The predicted molar refractivity (Wildman–Crippen MR) is 186 cm³/mol. The molecule has 1 amide bonds. The second kappa shape index (κ2) is 14.3. The lowest BCUT2D eigenvalue weighted by Crippen LogP contribution is -2.32. The van der Waals surface area contributed by atoms with Crippen molar-refractivity contribution >= 4 is 61.3 Å². The Labute approximate surface area is 290 Å². The largest absolute Gasteiger partial charge is 0.455 e. The number of esters is 1. The molecule has 50 heavy (non-hydrogen) atoms. The fraction of sp³-hybridized carbons (Fsp3) is 0.152. The third kappa shape index (κ3) is 8.20. The summed E-state index contributed by atoms with van der Waals surface area (Å²) < 4.78 is 29.7. The minimum Gasteiger partial charge on any atom is -0.455 e. The van der Waals surface area contributed by atoms with Gasteiger partial charge in [-0.05, 0) is 39.0 Å². The van der Waals surface area contributed by atoms with Crippen LogP contribution in [0.15, 0.2) is 94.4 Å². The van der Waals surface area contributed by atoms with Crippen molar-refractivity contribution in [2.24, 2.45) is 10.2 Å². The smallest absolute Gasteiger partial charge is 0.363 e. The Kier molecular flexibility index (Phi) is 10.1. The molecule has 0 atom stereocenters. The lowest BCUT2D eigenvalue weighted by molar-refractivity contribution is -0.146. The first-order valence-electron chi connectivity index (χ1n) is 14.8. The van der Waals surface area contributed by atoms with Gasteiger partial charge in [-0.1, -0.05) is 78.1 Å². The standard InChI is InChI=1S/C33H30N8O7S2/c1-19(42)25(30(45)48-33(2,3)4)37-36-22-16-11-17-23(18-22)41-27(20-12-7-5-8-13-20)24(28(43)21-14-9-6-10-15-21)26(40-41)29(44)35-31-38-39-32(49-31)50(34,46)47/h5-18,36H,1-4H3,(H2,34,46,47)(H,35,38,44)/b37-25+. The fourth-order valence-corrected chi connectivity index (χ4v) is 5.86. The molecule has 0 aliphatic heterocycles. The first-order chi connectivity index (χ1) is 23.6. The van der Waals surface area contributed by atoms with Crippen molar-refractivity contribution in [3.8, 4) is 16.9 Å². The maximum absolute atomic E-state index is 14.2. The normalized spacial score (nSPS) is 11.9. The molecule has 0 bridgehead atoms. The number of anilines is 2. The summed E-state index contributed by atoms with van der Waals surface area (Å²) in [6.45, 7) is 6.17. The number of carbonyl (C=O) groups excluding carboxylic acids is 4. The van der Waals surface area contributed by atoms with Crippen LogP contribution in [0.4, 0.5) is 10.8 Å². The number of carbonyl (C=O) groups is 4. The number of nitrogens with zero attached hydrogens (tertiary/aromatic N) is 5. The minimum absolute atomic E-state index is 0.0590. The molecular weight excluding hydrogens is 685 g/mol. The third-order valence-corrected chi connectivity index (χ3v) is 8.74. The summed E-state index contributed by atoms with van der Waals surface area (Å²) in [6, 6.07) is 23.6. The van der Waals surface area contributed by atoms with Crippen LogP contribution in [0.3, 0.4) is 0 Å². The van der Waals surface area contributed by atoms with E-state index < -0.39 is 49.1 Å². The Morgan fingerprint density at radius 2 is 1.58 bits per heavy atom. The van der Waals surface area contributed by atoms with Gasteiger partial charge in [-0.15, -0.1) is 10.2 Å². The highest BCUT2D eigenvalue weighted by atomic mass is 32.2. The van der Waals surface area contributed by atoms with E-state index in [1.807, 2.05) is 0 Å². The average Bonchev–Trinajstić information content (AvgIpc) is 3.70. The lowest BCUT2D eigenvalue weighted by atomic mass is 9.97. The van der Waals surface area contributed by atoms with Gasteiger partial charge in [0.1, 0.15) is 5.60 Å². The number of hydrazone groups is 1. The molecule has 4 N–H and O–H groups in total. The number of amides is 1. The van der Waals surface area contributed by atoms with E-state index in [-0.39, 0.29) is 27.6 Å². The van der Waals surface area contributed by atoms with E-state index >= 15 is 0 Å². The van der Waals surface area contributed by atoms with Crippen LogP contribution in [0.5, 0.6) is 0 Å². The number of hydrogen-bond donors (Lipinski definition) is 3. The highest BCUT2D eigenvalue weighted by Crippen LogP contribution is 2.33. The zero-order valence-electron chi connectivity index (χ0n) is 27.1. The van der Waals surface area contributed by atoms with E-state index in [9.17, 15) is 27.6 Å². The van der Waals surface area contributed by atoms with Gasteiger partial charge in [0.25, 0.3) is 15.9 Å². The molecule has 0 spiro atoms. The van der Waals surface area contributed by atoms with Crippen LogP contribution in [-0.4, -0.2) is 63.2 Å². The molecule has 5 aromatic rings. The minimum atomic E-state index is -4.19. The summed E-state index contributed by atoms with van der Waals surface area (Å²) in [5, 5.41) is 23.2. The maximum atomic E-state index is 14.2. The number of nitrogens with two attached hydrogens (primary N) is 1. The second-order valence-corrected chi connectivity index (χ2v) is 14.3. The van der Waals surface area contributed by atoms with Gasteiger partial charge >= 0.3 is 5.97 Å². The predicted octanol–water partition coefficient (Wildman–Crippen LogP) is 4.22.